The molecule has 1 atom stereocenters. The van der Waals surface area contributed by atoms with Gasteiger partial charge >= 0.3 is 5.91 Å². The minimum Gasteiger partial charge on any atom is -0.437 e. The summed E-state index contributed by atoms with van der Waals surface area (Å²) in [6, 6.07) is 0. The SMILES string of the molecule is CC(C)(S)CC(=O)[NH+]([S-])[NH2+][S-]. The van der Waals surface area contributed by atoms with Crippen molar-refractivity contribution in [1.82, 2.24) is 0 Å². The molecule has 0 aromatic carbocycles. The molecule has 3 nitrogen and oxygen atoms in total. The maximum absolute atomic E-state index is 11.1. The van der Waals surface area contributed by atoms with E-state index in [4.69, 9.17) is 12.8 Å². The first-order valence-corrected chi connectivity index (χ1v) is 4.44. The van der Waals surface area contributed by atoms with Crippen molar-refractivity contribution in [2.45, 2.75) is 25.0 Å². The maximum Gasteiger partial charge on any atom is 0.340 e. The minimum atomic E-state index is -0.306. The molecule has 0 aliphatic rings. The molecule has 0 heterocycles. The van der Waals surface area contributed by atoms with Crippen molar-refractivity contribution in [3.63, 3.8) is 0 Å². The fourth-order valence-electron chi connectivity index (χ4n) is 0.546. The largest absolute Gasteiger partial charge is 0.437 e. The van der Waals surface area contributed by atoms with Crippen LogP contribution < -0.4 is 9.25 Å². The van der Waals surface area contributed by atoms with E-state index in [1.807, 2.05) is 13.8 Å². The second-order valence-electron chi connectivity index (χ2n) is 2.89. The molecule has 0 aromatic rings. The fourth-order valence-corrected chi connectivity index (χ4v) is 0.893. The van der Waals surface area contributed by atoms with Gasteiger partial charge in [-0.1, -0.05) is 13.8 Å². The number of carbonyl (C=O) groups is 1. The molecular formula is C5H12N2OS3. The Morgan fingerprint density at radius 1 is 1.73 bits per heavy atom. The lowest BCUT2D eigenvalue weighted by atomic mass is 10.1. The van der Waals surface area contributed by atoms with Crippen molar-refractivity contribution in [2.75, 3.05) is 0 Å². The number of nitrogens with one attached hydrogen (secondary N) is 1. The molecule has 0 rings (SSSR count). The maximum atomic E-state index is 11.1. The van der Waals surface area contributed by atoms with E-state index < -0.39 is 0 Å². The lowest BCUT2D eigenvalue weighted by Crippen LogP contribution is -3.44. The molecule has 0 spiro atoms. The summed E-state index contributed by atoms with van der Waals surface area (Å²) in [5.41, 5.74) is 0. The van der Waals surface area contributed by atoms with Crippen LogP contribution in [0.4, 0.5) is 0 Å². The monoisotopic (exact) mass is 212 g/mol. The zero-order valence-electron chi connectivity index (χ0n) is 6.46. The smallest absolute Gasteiger partial charge is 0.340 e. The minimum absolute atomic E-state index is 0.102. The highest BCUT2D eigenvalue weighted by Gasteiger charge is 2.21. The quantitative estimate of drug-likeness (QED) is 0.165. The highest BCUT2D eigenvalue weighted by atomic mass is 32.1. The predicted molar refractivity (Wildman–Crippen MR) is 50.3 cm³/mol. The average Bonchev–Trinajstić information content (AvgIpc) is 1.82. The molecule has 66 valence electrons. The lowest BCUT2D eigenvalue weighted by Gasteiger charge is -2.23. The van der Waals surface area contributed by atoms with Crippen molar-refractivity contribution in [3.8, 4) is 0 Å². The molecule has 0 aromatic heterocycles. The van der Waals surface area contributed by atoms with Gasteiger partial charge < -0.3 is 30.5 Å². The van der Waals surface area contributed by atoms with Crippen molar-refractivity contribution in [1.29, 1.82) is 0 Å². The number of rotatable bonds is 3. The van der Waals surface area contributed by atoms with Crippen LogP contribution in [0, 0.1) is 0 Å². The van der Waals surface area contributed by atoms with Gasteiger partial charge in [-0.3, -0.25) is 4.41 Å². The van der Waals surface area contributed by atoms with Gasteiger partial charge in [0.15, 0.2) is 0 Å². The van der Waals surface area contributed by atoms with Gasteiger partial charge in [-0.05, 0) is 0 Å². The molecule has 1 amide bonds. The van der Waals surface area contributed by atoms with Gasteiger partial charge in [0.2, 0.25) is 0 Å². The number of hydrogen-bond donors (Lipinski definition) is 3. The summed E-state index contributed by atoms with van der Waals surface area (Å²) < 4.78 is -0.0819. The van der Waals surface area contributed by atoms with Crippen LogP contribution in [0.25, 0.3) is 0 Å². The van der Waals surface area contributed by atoms with Gasteiger partial charge in [0.05, 0.1) is 6.42 Å². The van der Waals surface area contributed by atoms with Crippen molar-refractivity contribution in [3.05, 3.63) is 0 Å². The van der Waals surface area contributed by atoms with E-state index in [2.05, 4.69) is 25.4 Å². The summed E-state index contributed by atoms with van der Waals surface area (Å²) in [7, 11) is 0. The van der Waals surface area contributed by atoms with Crippen LogP contribution in [0.15, 0.2) is 0 Å². The molecule has 3 N–H and O–H groups in total. The van der Waals surface area contributed by atoms with E-state index in [9.17, 15) is 4.79 Å². The van der Waals surface area contributed by atoms with E-state index >= 15 is 0 Å². The van der Waals surface area contributed by atoms with E-state index in [0.29, 0.717) is 6.42 Å². The highest BCUT2D eigenvalue weighted by molar-refractivity contribution is 7.81. The molecule has 0 aliphatic carbocycles. The van der Waals surface area contributed by atoms with Crippen molar-refractivity contribution in [2.24, 2.45) is 0 Å². The summed E-state index contributed by atoms with van der Waals surface area (Å²) in [5.74, 6) is -0.102. The van der Waals surface area contributed by atoms with Crippen LogP contribution in [0.5, 0.6) is 0 Å². The molecule has 0 fully saturated rings. The first-order valence-electron chi connectivity index (χ1n) is 3.11. The Bertz CT molecular complexity index is 145. The van der Waals surface area contributed by atoms with Crippen molar-refractivity contribution >= 4 is 44.2 Å². The van der Waals surface area contributed by atoms with E-state index in [0.717, 1.165) is 0 Å². The van der Waals surface area contributed by atoms with E-state index in [1.54, 1.807) is 0 Å². The average molecular weight is 212 g/mol. The van der Waals surface area contributed by atoms with Gasteiger partial charge in [0.1, 0.15) is 0 Å². The van der Waals surface area contributed by atoms with Crippen molar-refractivity contribution < 1.29 is 14.0 Å². The standard InChI is InChI=1S/C5H12N2OS3/c1-5(2,9)3-4(8)7(11)6-10/h7,9H,3,6H2,1-2H3. The molecule has 0 bridgehead atoms. The lowest BCUT2D eigenvalue weighted by molar-refractivity contribution is -1.21. The number of nitrogens with two attached hydrogens (primary N) is 1. The molecule has 0 saturated carbocycles. The van der Waals surface area contributed by atoms with Crippen LogP contribution in [-0.4, -0.2) is 10.7 Å². The Labute approximate surface area is 83.4 Å². The van der Waals surface area contributed by atoms with E-state index in [1.165, 1.54) is 4.83 Å². The summed E-state index contributed by atoms with van der Waals surface area (Å²) >= 11 is 13.4. The summed E-state index contributed by atoms with van der Waals surface area (Å²) in [6.07, 6.45) is 0.335. The van der Waals surface area contributed by atoms with Gasteiger partial charge in [-0.25, -0.2) is 4.79 Å². The van der Waals surface area contributed by atoms with Gasteiger partial charge in [-0.15, -0.1) is 0 Å². The van der Waals surface area contributed by atoms with Gasteiger partial charge in [0.25, 0.3) is 0 Å². The fraction of sp³-hybridized carbons (Fsp3) is 0.800. The van der Waals surface area contributed by atoms with Gasteiger partial charge in [-0.2, -0.15) is 12.6 Å². The van der Waals surface area contributed by atoms with Crippen LogP contribution in [0.3, 0.4) is 0 Å². The molecule has 0 aliphatic heterocycles. The molecule has 0 saturated heterocycles. The van der Waals surface area contributed by atoms with Crippen LogP contribution in [0.2, 0.25) is 0 Å². The second-order valence-corrected chi connectivity index (χ2v) is 4.78. The second kappa shape index (κ2) is 4.61. The number of quaternary nitrogens is 2. The zero-order valence-corrected chi connectivity index (χ0v) is 8.98. The summed E-state index contributed by atoms with van der Waals surface area (Å²) in [4.78, 5) is 12.3. The van der Waals surface area contributed by atoms with Crippen LogP contribution in [0.1, 0.15) is 20.3 Å². The van der Waals surface area contributed by atoms with Gasteiger partial charge in [0, 0.05) is 4.75 Å². The number of hydrogen-bond acceptors (Lipinski definition) is 4. The zero-order chi connectivity index (χ0) is 9.07. The Morgan fingerprint density at radius 2 is 2.18 bits per heavy atom. The third kappa shape index (κ3) is 5.86. The number of carbonyl (C=O) groups excluding carboxylic acids is 1. The molecule has 0 radical (unpaired) electrons. The molecule has 1 unspecified atom stereocenters. The highest BCUT2D eigenvalue weighted by Crippen LogP contribution is 2.15. The number of thiol groups is 1. The van der Waals surface area contributed by atoms with Crippen LogP contribution >= 0.6 is 12.6 Å². The van der Waals surface area contributed by atoms with Crippen LogP contribution in [-0.2, 0) is 30.4 Å². The topological polar surface area (TPSA) is 38.1 Å². The third-order valence-corrected chi connectivity index (χ3v) is 1.86. The summed E-state index contributed by atoms with van der Waals surface area (Å²) in [6.45, 7) is 3.72. The third-order valence-electron chi connectivity index (χ3n) is 0.975. The Morgan fingerprint density at radius 3 is 2.45 bits per heavy atom. The summed E-state index contributed by atoms with van der Waals surface area (Å²) in [5, 5.41) is 0. The first kappa shape index (κ1) is 11.6. The first-order chi connectivity index (χ1) is 4.87. The molecular weight excluding hydrogens is 200 g/mol. The van der Waals surface area contributed by atoms with E-state index in [-0.39, 0.29) is 15.1 Å². The predicted octanol–water partition coefficient (Wildman–Crippen LogP) is -2.10. The number of amides is 1. The Kier molecular flexibility index (Phi) is 4.88. The Hall–Kier alpha value is 0.640. The normalized spacial score (nSPS) is 14.6. The Balaban J connectivity index is 3.88. The molecule has 6 heteroatoms. The molecule has 11 heavy (non-hydrogen) atoms.